The van der Waals surface area contributed by atoms with Crippen molar-refractivity contribution in [3.05, 3.63) is 23.8 Å². The van der Waals surface area contributed by atoms with Gasteiger partial charge < -0.3 is 15.0 Å². The number of carbonyl (C=O) groups is 1. The van der Waals surface area contributed by atoms with E-state index in [0.717, 1.165) is 36.9 Å². The maximum atomic E-state index is 11.5. The van der Waals surface area contributed by atoms with Crippen LogP contribution in [0.3, 0.4) is 0 Å². The van der Waals surface area contributed by atoms with Gasteiger partial charge in [0.15, 0.2) is 6.61 Å². The minimum atomic E-state index is 0.00948. The minimum absolute atomic E-state index is 0.00948. The Hall–Kier alpha value is -1.55. The van der Waals surface area contributed by atoms with Gasteiger partial charge in [0.2, 0.25) is 0 Å². The molecule has 1 saturated heterocycles. The fourth-order valence-corrected chi connectivity index (χ4v) is 2.67. The number of ether oxygens (including phenoxy) is 1. The van der Waals surface area contributed by atoms with Crippen LogP contribution in [0.25, 0.3) is 0 Å². The molecule has 3 rings (SSSR count). The first-order valence-corrected chi connectivity index (χ1v) is 6.47. The first kappa shape index (κ1) is 11.5. The second kappa shape index (κ2) is 4.61. The molecule has 4 nitrogen and oxygen atoms in total. The zero-order valence-electron chi connectivity index (χ0n) is 10.6. The molecule has 1 aromatic carbocycles. The second-order valence-electron chi connectivity index (χ2n) is 5.11. The van der Waals surface area contributed by atoms with E-state index in [0.29, 0.717) is 0 Å². The Kier molecular flexibility index (Phi) is 2.96. The molecule has 4 heteroatoms. The van der Waals surface area contributed by atoms with Crippen molar-refractivity contribution in [3.63, 3.8) is 0 Å². The standard InChI is InChI=1S/C14H18N2O2/c1-16-12-3-2-10(6-11-4-5-15-8-11)7-13(12)18-9-14(16)17/h2-3,7,11,15H,4-6,8-9H2,1H3. The van der Waals surface area contributed by atoms with Crippen LogP contribution >= 0.6 is 0 Å². The van der Waals surface area contributed by atoms with E-state index in [9.17, 15) is 4.79 Å². The van der Waals surface area contributed by atoms with Crippen LogP contribution in [-0.2, 0) is 11.2 Å². The van der Waals surface area contributed by atoms with Crippen molar-refractivity contribution in [2.75, 3.05) is 31.6 Å². The summed E-state index contributed by atoms with van der Waals surface area (Å²) in [5.41, 5.74) is 2.17. The molecule has 18 heavy (non-hydrogen) atoms. The minimum Gasteiger partial charge on any atom is -0.482 e. The number of likely N-dealkylation sites (N-methyl/N-ethyl adjacent to an activating group) is 1. The van der Waals surface area contributed by atoms with Crippen molar-refractivity contribution in [2.24, 2.45) is 5.92 Å². The monoisotopic (exact) mass is 246 g/mol. The van der Waals surface area contributed by atoms with E-state index in [1.807, 2.05) is 6.07 Å². The van der Waals surface area contributed by atoms with Gasteiger partial charge in [0, 0.05) is 7.05 Å². The van der Waals surface area contributed by atoms with Gasteiger partial charge in [-0.1, -0.05) is 6.07 Å². The SMILES string of the molecule is CN1C(=O)COc2cc(CC3CCNC3)ccc21. The summed E-state index contributed by atoms with van der Waals surface area (Å²) in [6.45, 7) is 2.39. The molecule has 1 N–H and O–H groups in total. The molecular formula is C14H18N2O2. The zero-order chi connectivity index (χ0) is 12.5. The highest BCUT2D eigenvalue weighted by molar-refractivity contribution is 5.97. The molecule has 0 spiro atoms. The number of carbonyl (C=O) groups excluding carboxylic acids is 1. The van der Waals surface area contributed by atoms with E-state index in [2.05, 4.69) is 17.4 Å². The van der Waals surface area contributed by atoms with Gasteiger partial charge in [-0.2, -0.15) is 0 Å². The first-order chi connectivity index (χ1) is 8.74. The summed E-state index contributed by atoms with van der Waals surface area (Å²) >= 11 is 0. The third-order valence-corrected chi connectivity index (χ3v) is 3.80. The van der Waals surface area contributed by atoms with Crippen molar-refractivity contribution in [3.8, 4) is 5.75 Å². The molecular weight excluding hydrogens is 228 g/mol. The van der Waals surface area contributed by atoms with E-state index >= 15 is 0 Å². The highest BCUT2D eigenvalue weighted by atomic mass is 16.5. The molecule has 0 bridgehead atoms. The van der Waals surface area contributed by atoms with Crippen molar-refractivity contribution in [1.82, 2.24) is 5.32 Å². The third kappa shape index (κ3) is 2.08. The van der Waals surface area contributed by atoms with Crippen LogP contribution < -0.4 is 15.0 Å². The largest absolute Gasteiger partial charge is 0.482 e. The number of nitrogens with one attached hydrogen (secondary N) is 1. The van der Waals surface area contributed by atoms with Crippen molar-refractivity contribution in [2.45, 2.75) is 12.8 Å². The summed E-state index contributed by atoms with van der Waals surface area (Å²) in [4.78, 5) is 13.2. The Morgan fingerprint density at radius 2 is 2.39 bits per heavy atom. The summed E-state index contributed by atoms with van der Waals surface area (Å²) in [5.74, 6) is 1.57. The molecule has 0 aliphatic carbocycles. The summed E-state index contributed by atoms with van der Waals surface area (Å²) in [6, 6.07) is 6.18. The molecule has 2 aliphatic rings. The molecule has 2 heterocycles. The van der Waals surface area contributed by atoms with Crippen molar-refractivity contribution >= 4 is 11.6 Å². The lowest BCUT2D eigenvalue weighted by atomic mass is 9.98. The van der Waals surface area contributed by atoms with Crippen LogP contribution in [0.1, 0.15) is 12.0 Å². The summed E-state index contributed by atoms with van der Waals surface area (Å²) in [6.07, 6.45) is 2.33. The number of hydrogen-bond donors (Lipinski definition) is 1. The maximum absolute atomic E-state index is 11.5. The lowest BCUT2D eigenvalue weighted by Gasteiger charge is -2.26. The lowest BCUT2D eigenvalue weighted by Crippen LogP contribution is -2.35. The normalized spacial score (nSPS) is 22.8. The fourth-order valence-electron chi connectivity index (χ4n) is 2.67. The van der Waals surface area contributed by atoms with Gasteiger partial charge in [-0.3, -0.25) is 4.79 Å². The predicted molar refractivity (Wildman–Crippen MR) is 70.0 cm³/mol. The number of amides is 1. The topological polar surface area (TPSA) is 41.6 Å². The number of hydrogen-bond acceptors (Lipinski definition) is 3. The number of benzene rings is 1. The Bertz CT molecular complexity index is 467. The molecule has 0 radical (unpaired) electrons. The Morgan fingerprint density at radius 3 is 3.17 bits per heavy atom. The molecule has 2 aliphatic heterocycles. The van der Waals surface area contributed by atoms with E-state index in [1.54, 1.807) is 11.9 Å². The molecule has 1 atom stereocenters. The summed E-state index contributed by atoms with van der Waals surface area (Å²) in [5, 5.41) is 3.38. The average molecular weight is 246 g/mol. The summed E-state index contributed by atoms with van der Waals surface area (Å²) < 4.78 is 5.50. The van der Waals surface area contributed by atoms with Crippen molar-refractivity contribution in [1.29, 1.82) is 0 Å². The number of nitrogens with zero attached hydrogens (tertiary/aromatic N) is 1. The highest BCUT2D eigenvalue weighted by Crippen LogP contribution is 2.32. The second-order valence-corrected chi connectivity index (χ2v) is 5.11. The fraction of sp³-hybridized carbons (Fsp3) is 0.500. The van der Waals surface area contributed by atoms with E-state index in [-0.39, 0.29) is 12.5 Å². The van der Waals surface area contributed by atoms with Gasteiger partial charge in [-0.05, 0) is 49.5 Å². The van der Waals surface area contributed by atoms with Gasteiger partial charge in [-0.25, -0.2) is 0 Å². The highest BCUT2D eigenvalue weighted by Gasteiger charge is 2.23. The summed E-state index contributed by atoms with van der Waals surface area (Å²) in [7, 11) is 1.80. The van der Waals surface area contributed by atoms with E-state index in [4.69, 9.17) is 4.74 Å². The van der Waals surface area contributed by atoms with Gasteiger partial charge in [-0.15, -0.1) is 0 Å². The van der Waals surface area contributed by atoms with E-state index < -0.39 is 0 Å². The van der Waals surface area contributed by atoms with Crippen LogP contribution in [0.4, 0.5) is 5.69 Å². The zero-order valence-corrected chi connectivity index (χ0v) is 10.6. The van der Waals surface area contributed by atoms with Gasteiger partial charge in [0.25, 0.3) is 5.91 Å². The van der Waals surface area contributed by atoms with Crippen LogP contribution in [-0.4, -0.2) is 32.7 Å². The lowest BCUT2D eigenvalue weighted by molar-refractivity contribution is -0.120. The Labute approximate surface area is 107 Å². The average Bonchev–Trinajstić information content (AvgIpc) is 2.87. The van der Waals surface area contributed by atoms with Gasteiger partial charge >= 0.3 is 0 Å². The number of anilines is 1. The first-order valence-electron chi connectivity index (χ1n) is 6.47. The van der Waals surface area contributed by atoms with Crippen molar-refractivity contribution < 1.29 is 9.53 Å². The van der Waals surface area contributed by atoms with Crippen LogP contribution in [0.2, 0.25) is 0 Å². The molecule has 1 unspecified atom stereocenters. The maximum Gasteiger partial charge on any atom is 0.264 e. The third-order valence-electron chi connectivity index (χ3n) is 3.80. The van der Waals surface area contributed by atoms with E-state index in [1.165, 1.54) is 12.0 Å². The molecule has 1 fully saturated rings. The Balaban J connectivity index is 1.80. The van der Waals surface area contributed by atoms with Crippen LogP contribution in [0.5, 0.6) is 5.75 Å². The Morgan fingerprint density at radius 1 is 1.50 bits per heavy atom. The van der Waals surface area contributed by atoms with Gasteiger partial charge in [0.1, 0.15) is 5.75 Å². The van der Waals surface area contributed by atoms with Crippen LogP contribution in [0, 0.1) is 5.92 Å². The molecule has 0 saturated carbocycles. The molecule has 1 aromatic rings. The quantitative estimate of drug-likeness (QED) is 0.852. The smallest absolute Gasteiger partial charge is 0.264 e. The number of fused-ring (bicyclic) bond motifs is 1. The van der Waals surface area contributed by atoms with Crippen LogP contribution in [0.15, 0.2) is 18.2 Å². The van der Waals surface area contributed by atoms with Gasteiger partial charge in [0.05, 0.1) is 5.69 Å². The number of rotatable bonds is 2. The predicted octanol–water partition coefficient (Wildman–Crippen LogP) is 1.19. The molecule has 96 valence electrons. The molecule has 1 amide bonds. The molecule has 0 aromatic heterocycles.